The Bertz CT molecular complexity index is 563. The summed E-state index contributed by atoms with van der Waals surface area (Å²) < 4.78 is 0. The summed E-state index contributed by atoms with van der Waals surface area (Å²) in [7, 11) is 0. The molecule has 4 heteroatoms. The van der Waals surface area contributed by atoms with Gasteiger partial charge in [-0.2, -0.15) is 5.26 Å². The highest BCUT2D eigenvalue weighted by molar-refractivity contribution is 5.60. The van der Waals surface area contributed by atoms with Crippen molar-refractivity contribution in [2.45, 2.75) is 20.4 Å². The van der Waals surface area contributed by atoms with Gasteiger partial charge < -0.3 is 10.3 Å². The lowest BCUT2D eigenvalue weighted by atomic mass is 10.1. The molecule has 0 saturated heterocycles. The van der Waals surface area contributed by atoms with Crippen molar-refractivity contribution in [3.05, 3.63) is 47.0 Å². The fraction of sp³-hybridized carbons (Fsp3) is 0.231. The van der Waals surface area contributed by atoms with E-state index in [0.29, 0.717) is 12.1 Å². The Labute approximate surface area is 100 Å². The third kappa shape index (κ3) is 2.28. The molecule has 0 atom stereocenters. The Morgan fingerprint density at radius 1 is 1.41 bits per heavy atom. The molecule has 0 aliphatic heterocycles. The molecule has 2 N–H and O–H groups in total. The first-order valence-corrected chi connectivity index (χ1v) is 5.45. The standard InChI is InChI=1S/C13H14N4/c1-9-4-3-5-12(11(9)6-14)15-7-13-10(2)16-8-17-13/h3-5,8,15H,7H2,1-2H3,(H,16,17). The molecule has 0 radical (unpaired) electrons. The smallest absolute Gasteiger partial charge is 0.102 e. The number of aryl methyl sites for hydroxylation is 2. The first kappa shape index (κ1) is 11.2. The Kier molecular flexibility index (Phi) is 3.10. The first-order valence-electron chi connectivity index (χ1n) is 5.45. The molecule has 0 saturated carbocycles. The summed E-state index contributed by atoms with van der Waals surface area (Å²) in [5.41, 5.74) is 4.55. The molecule has 0 amide bonds. The van der Waals surface area contributed by atoms with Crippen LogP contribution in [0, 0.1) is 25.2 Å². The quantitative estimate of drug-likeness (QED) is 0.845. The lowest BCUT2D eigenvalue weighted by Gasteiger charge is -2.08. The van der Waals surface area contributed by atoms with E-state index in [2.05, 4.69) is 21.4 Å². The van der Waals surface area contributed by atoms with Gasteiger partial charge in [-0.15, -0.1) is 0 Å². The maximum Gasteiger partial charge on any atom is 0.102 e. The van der Waals surface area contributed by atoms with Gasteiger partial charge in [0.05, 0.1) is 29.8 Å². The van der Waals surface area contributed by atoms with Crippen LogP contribution >= 0.6 is 0 Å². The van der Waals surface area contributed by atoms with Crippen molar-refractivity contribution in [1.82, 2.24) is 9.97 Å². The minimum absolute atomic E-state index is 0.619. The number of nitriles is 1. The molecule has 0 fully saturated rings. The molecular weight excluding hydrogens is 212 g/mol. The second-order valence-corrected chi connectivity index (χ2v) is 3.94. The average molecular weight is 226 g/mol. The van der Waals surface area contributed by atoms with Crippen molar-refractivity contribution in [2.75, 3.05) is 5.32 Å². The molecule has 17 heavy (non-hydrogen) atoms. The van der Waals surface area contributed by atoms with Crippen LogP contribution in [0.4, 0.5) is 5.69 Å². The minimum Gasteiger partial charge on any atom is -0.378 e. The van der Waals surface area contributed by atoms with Crippen LogP contribution in [0.25, 0.3) is 0 Å². The van der Waals surface area contributed by atoms with E-state index in [4.69, 9.17) is 5.26 Å². The zero-order chi connectivity index (χ0) is 12.3. The van der Waals surface area contributed by atoms with Crippen molar-refractivity contribution >= 4 is 5.69 Å². The number of nitrogens with zero attached hydrogens (tertiary/aromatic N) is 2. The Morgan fingerprint density at radius 3 is 2.88 bits per heavy atom. The van der Waals surface area contributed by atoms with Crippen LogP contribution in [0.5, 0.6) is 0 Å². The van der Waals surface area contributed by atoms with Crippen LogP contribution in [0.2, 0.25) is 0 Å². The summed E-state index contributed by atoms with van der Waals surface area (Å²) in [5, 5.41) is 12.3. The topological polar surface area (TPSA) is 64.5 Å². The highest BCUT2D eigenvalue weighted by Crippen LogP contribution is 2.19. The molecule has 1 heterocycles. The van der Waals surface area contributed by atoms with E-state index in [1.54, 1.807) is 6.33 Å². The number of H-pyrrole nitrogens is 1. The zero-order valence-electron chi connectivity index (χ0n) is 9.91. The van der Waals surface area contributed by atoms with Gasteiger partial charge in [0.2, 0.25) is 0 Å². The molecule has 86 valence electrons. The van der Waals surface area contributed by atoms with Gasteiger partial charge in [0.1, 0.15) is 6.07 Å². The molecule has 2 aromatic rings. The van der Waals surface area contributed by atoms with Gasteiger partial charge in [0.25, 0.3) is 0 Å². The second kappa shape index (κ2) is 4.71. The van der Waals surface area contributed by atoms with Crippen LogP contribution < -0.4 is 5.32 Å². The van der Waals surface area contributed by atoms with E-state index in [1.807, 2.05) is 32.0 Å². The molecule has 2 rings (SSSR count). The zero-order valence-corrected chi connectivity index (χ0v) is 9.91. The van der Waals surface area contributed by atoms with Crippen molar-refractivity contribution in [1.29, 1.82) is 5.26 Å². The summed E-state index contributed by atoms with van der Waals surface area (Å²) in [5.74, 6) is 0. The van der Waals surface area contributed by atoms with Crippen LogP contribution in [-0.2, 0) is 6.54 Å². The van der Waals surface area contributed by atoms with Crippen LogP contribution in [0.15, 0.2) is 24.5 Å². The van der Waals surface area contributed by atoms with E-state index in [1.165, 1.54) is 0 Å². The molecule has 4 nitrogen and oxygen atoms in total. The Morgan fingerprint density at radius 2 is 2.24 bits per heavy atom. The van der Waals surface area contributed by atoms with Gasteiger partial charge >= 0.3 is 0 Å². The van der Waals surface area contributed by atoms with E-state index in [0.717, 1.165) is 22.6 Å². The predicted molar refractivity (Wildman–Crippen MR) is 66.5 cm³/mol. The summed E-state index contributed by atoms with van der Waals surface area (Å²) >= 11 is 0. The predicted octanol–water partition coefficient (Wildman–Crippen LogP) is 2.51. The van der Waals surface area contributed by atoms with Crippen molar-refractivity contribution < 1.29 is 0 Å². The number of anilines is 1. The van der Waals surface area contributed by atoms with Gasteiger partial charge in [-0.3, -0.25) is 0 Å². The molecule has 1 aromatic carbocycles. The molecule has 1 aromatic heterocycles. The number of imidazole rings is 1. The Hall–Kier alpha value is -2.28. The van der Waals surface area contributed by atoms with Crippen LogP contribution in [0.3, 0.4) is 0 Å². The summed E-state index contributed by atoms with van der Waals surface area (Å²) in [4.78, 5) is 7.24. The van der Waals surface area contributed by atoms with Crippen molar-refractivity contribution in [3.63, 3.8) is 0 Å². The van der Waals surface area contributed by atoms with Gasteiger partial charge in [0, 0.05) is 5.69 Å². The van der Waals surface area contributed by atoms with Gasteiger partial charge in [-0.1, -0.05) is 12.1 Å². The molecular formula is C13H14N4. The third-order valence-electron chi connectivity index (χ3n) is 2.77. The van der Waals surface area contributed by atoms with Gasteiger partial charge in [-0.25, -0.2) is 4.98 Å². The van der Waals surface area contributed by atoms with E-state index in [-0.39, 0.29) is 0 Å². The number of aromatic amines is 1. The molecule has 0 spiro atoms. The summed E-state index contributed by atoms with van der Waals surface area (Å²) in [6.45, 7) is 4.53. The van der Waals surface area contributed by atoms with E-state index < -0.39 is 0 Å². The monoisotopic (exact) mass is 226 g/mol. The summed E-state index contributed by atoms with van der Waals surface area (Å²) in [6, 6.07) is 8.00. The number of hydrogen-bond acceptors (Lipinski definition) is 3. The van der Waals surface area contributed by atoms with E-state index in [9.17, 15) is 0 Å². The molecule has 0 unspecified atom stereocenters. The van der Waals surface area contributed by atoms with Crippen molar-refractivity contribution in [2.24, 2.45) is 0 Å². The molecule has 0 aliphatic carbocycles. The lowest BCUT2D eigenvalue weighted by Crippen LogP contribution is -2.03. The fourth-order valence-electron chi connectivity index (χ4n) is 1.71. The van der Waals surface area contributed by atoms with Crippen molar-refractivity contribution in [3.8, 4) is 6.07 Å². The molecule has 0 aliphatic rings. The van der Waals surface area contributed by atoms with Gasteiger partial charge in [-0.05, 0) is 25.5 Å². The summed E-state index contributed by atoms with van der Waals surface area (Å²) in [6.07, 6.45) is 1.67. The highest BCUT2D eigenvalue weighted by Gasteiger charge is 2.06. The Balaban J connectivity index is 2.18. The first-order chi connectivity index (χ1) is 8.22. The number of hydrogen-bond donors (Lipinski definition) is 2. The lowest BCUT2D eigenvalue weighted by molar-refractivity contribution is 1.05. The largest absolute Gasteiger partial charge is 0.378 e. The van der Waals surface area contributed by atoms with Crippen LogP contribution in [0.1, 0.15) is 22.5 Å². The fourth-order valence-corrected chi connectivity index (χ4v) is 1.71. The third-order valence-corrected chi connectivity index (χ3v) is 2.77. The maximum atomic E-state index is 9.10. The highest BCUT2D eigenvalue weighted by atomic mass is 14.9. The molecule has 0 bridgehead atoms. The number of benzene rings is 1. The number of rotatable bonds is 3. The maximum absolute atomic E-state index is 9.10. The van der Waals surface area contributed by atoms with E-state index >= 15 is 0 Å². The normalized spacial score (nSPS) is 9.94. The van der Waals surface area contributed by atoms with Gasteiger partial charge in [0.15, 0.2) is 0 Å². The SMILES string of the molecule is Cc1cccc(NCc2nc[nH]c2C)c1C#N. The minimum atomic E-state index is 0.619. The second-order valence-electron chi connectivity index (χ2n) is 3.94. The average Bonchev–Trinajstić information content (AvgIpc) is 2.72. The van der Waals surface area contributed by atoms with Crippen LogP contribution in [-0.4, -0.2) is 9.97 Å². The number of nitrogens with one attached hydrogen (secondary N) is 2. The number of aromatic nitrogens is 2.